The molecule has 1 aromatic carbocycles. The first-order chi connectivity index (χ1) is 4.22. The van der Waals surface area contributed by atoms with E-state index in [1.807, 2.05) is 0 Å². The Bertz CT molecular complexity index is 204. The van der Waals surface area contributed by atoms with Crippen LogP contribution in [0.4, 0.5) is 4.39 Å². The highest BCUT2D eigenvalue weighted by atomic mass is 79.9. The van der Waals surface area contributed by atoms with Crippen molar-refractivity contribution < 1.29 is 9.50 Å². The van der Waals surface area contributed by atoms with Crippen molar-refractivity contribution in [2.24, 2.45) is 0 Å². The zero-order valence-corrected chi connectivity index (χ0v) is 5.98. The Hall–Kier alpha value is -0.570. The van der Waals surface area contributed by atoms with E-state index in [2.05, 4.69) is 15.9 Å². The maximum Gasteiger partial charge on any atom is 0.228 e. The van der Waals surface area contributed by atoms with Gasteiger partial charge in [0.15, 0.2) is 5.82 Å². The molecule has 0 N–H and O–H groups in total. The Morgan fingerprint density at radius 1 is 1.44 bits per heavy atom. The predicted molar refractivity (Wildman–Crippen MR) is 34.2 cm³/mol. The molecule has 9 heavy (non-hydrogen) atoms. The molecular formula is C6H3BrFO. The van der Waals surface area contributed by atoms with E-state index in [1.165, 1.54) is 12.1 Å². The Morgan fingerprint density at radius 3 is 2.56 bits per heavy atom. The zero-order chi connectivity index (χ0) is 6.85. The summed E-state index contributed by atoms with van der Waals surface area (Å²) in [6.07, 6.45) is 0. The van der Waals surface area contributed by atoms with Crippen LogP contribution in [0.2, 0.25) is 0 Å². The smallest absolute Gasteiger partial charge is 0.228 e. The van der Waals surface area contributed by atoms with Crippen molar-refractivity contribution in [1.82, 2.24) is 0 Å². The monoisotopic (exact) mass is 189 g/mol. The average Bonchev–Trinajstić information content (AvgIpc) is 1.83. The van der Waals surface area contributed by atoms with Crippen LogP contribution in [0, 0.1) is 5.82 Å². The van der Waals surface area contributed by atoms with Gasteiger partial charge in [-0.2, -0.15) is 0 Å². The quantitative estimate of drug-likeness (QED) is 0.599. The Balaban J connectivity index is 3.25. The van der Waals surface area contributed by atoms with Gasteiger partial charge in [-0.15, -0.1) is 0 Å². The summed E-state index contributed by atoms with van der Waals surface area (Å²) in [6.45, 7) is 0. The molecule has 1 aromatic rings. The van der Waals surface area contributed by atoms with E-state index in [0.29, 0.717) is 0 Å². The summed E-state index contributed by atoms with van der Waals surface area (Å²) in [7, 11) is 0. The number of hydrogen-bond acceptors (Lipinski definition) is 0. The summed E-state index contributed by atoms with van der Waals surface area (Å²) in [4.78, 5) is 0. The first-order valence-electron chi connectivity index (χ1n) is 2.33. The highest BCUT2D eigenvalue weighted by molar-refractivity contribution is 9.10. The molecular weight excluding hydrogens is 187 g/mol. The molecule has 0 unspecified atom stereocenters. The van der Waals surface area contributed by atoms with Crippen LogP contribution in [0.1, 0.15) is 0 Å². The molecule has 1 radical (unpaired) electrons. The highest BCUT2D eigenvalue weighted by Gasteiger charge is 2.03. The second kappa shape index (κ2) is 2.35. The predicted octanol–water partition coefficient (Wildman–Crippen LogP) is 2.73. The molecule has 0 aliphatic heterocycles. The molecule has 0 fully saturated rings. The Morgan fingerprint density at radius 2 is 2.11 bits per heavy atom. The van der Waals surface area contributed by atoms with Gasteiger partial charge in [0, 0.05) is 0 Å². The molecule has 0 heterocycles. The van der Waals surface area contributed by atoms with Crippen LogP contribution in [0.5, 0.6) is 5.75 Å². The van der Waals surface area contributed by atoms with Crippen molar-refractivity contribution in [1.29, 1.82) is 0 Å². The van der Waals surface area contributed by atoms with E-state index in [1.54, 1.807) is 0 Å². The number of hydrogen-bond donors (Lipinski definition) is 0. The van der Waals surface area contributed by atoms with E-state index in [0.717, 1.165) is 6.07 Å². The molecule has 0 saturated heterocycles. The lowest BCUT2D eigenvalue weighted by atomic mass is 10.3. The molecule has 0 atom stereocenters. The van der Waals surface area contributed by atoms with Gasteiger partial charge in [-0.3, -0.25) is 5.11 Å². The Kier molecular flexibility index (Phi) is 1.71. The topological polar surface area (TPSA) is 19.9 Å². The Labute approximate surface area is 60.3 Å². The number of benzene rings is 1. The SMILES string of the molecule is [O]c1c(F)cccc1Br. The second-order valence-electron chi connectivity index (χ2n) is 1.55. The molecule has 0 saturated carbocycles. The molecule has 0 bridgehead atoms. The summed E-state index contributed by atoms with van der Waals surface area (Å²) >= 11 is 2.89. The van der Waals surface area contributed by atoms with Crippen LogP contribution >= 0.6 is 15.9 Å². The fraction of sp³-hybridized carbons (Fsp3) is 0. The van der Waals surface area contributed by atoms with Crippen LogP contribution in [0.3, 0.4) is 0 Å². The maximum absolute atomic E-state index is 12.2. The van der Waals surface area contributed by atoms with Gasteiger partial charge >= 0.3 is 0 Å². The van der Waals surface area contributed by atoms with Crippen LogP contribution < -0.4 is 0 Å². The third-order valence-electron chi connectivity index (χ3n) is 0.919. The lowest BCUT2D eigenvalue weighted by molar-refractivity contribution is 0.327. The van der Waals surface area contributed by atoms with Gasteiger partial charge in [-0.05, 0) is 28.1 Å². The minimum atomic E-state index is -0.718. The standard InChI is InChI=1S/C6H3BrFO/c7-4-2-1-3-5(8)6(4)9/h1-3H. The largest absolute Gasteiger partial charge is 0.285 e. The van der Waals surface area contributed by atoms with Gasteiger partial charge < -0.3 is 0 Å². The van der Waals surface area contributed by atoms with Crippen molar-refractivity contribution in [2.75, 3.05) is 0 Å². The fourth-order valence-electron chi connectivity index (χ4n) is 0.483. The minimum absolute atomic E-state index is 0.266. The van der Waals surface area contributed by atoms with Crippen LogP contribution in [0.15, 0.2) is 22.7 Å². The zero-order valence-electron chi connectivity index (χ0n) is 4.40. The minimum Gasteiger partial charge on any atom is -0.285 e. The van der Waals surface area contributed by atoms with E-state index >= 15 is 0 Å². The molecule has 0 spiro atoms. The third kappa shape index (κ3) is 1.21. The van der Waals surface area contributed by atoms with Gasteiger partial charge in [-0.25, -0.2) is 4.39 Å². The molecule has 0 aromatic heterocycles. The van der Waals surface area contributed by atoms with Gasteiger partial charge in [0.05, 0.1) is 4.47 Å². The molecule has 0 aliphatic carbocycles. The van der Waals surface area contributed by atoms with Gasteiger partial charge in [0.25, 0.3) is 0 Å². The summed E-state index contributed by atoms with van der Waals surface area (Å²) in [6, 6.07) is 4.11. The van der Waals surface area contributed by atoms with E-state index in [9.17, 15) is 9.50 Å². The summed E-state index contributed by atoms with van der Waals surface area (Å²) in [5.74, 6) is -1.30. The van der Waals surface area contributed by atoms with Crippen LogP contribution in [0.25, 0.3) is 0 Å². The first-order valence-corrected chi connectivity index (χ1v) is 3.12. The second-order valence-corrected chi connectivity index (χ2v) is 2.41. The van der Waals surface area contributed by atoms with Crippen molar-refractivity contribution in [2.45, 2.75) is 0 Å². The molecule has 3 heteroatoms. The lowest BCUT2D eigenvalue weighted by Gasteiger charge is -1.90. The van der Waals surface area contributed by atoms with E-state index in [4.69, 9.17) is 0 Å². The molecule has 1 rings (SSSR count). The highest BCUT2D eigenvalue weighted by Crippen LogP contribution is 2.26. The van der Waals surface area contributed by atoms with Crippen LogP contribution in [-0.2, 0) is 5.11 Å². The lowest BCUT2D eigenvalue weighted by Crippen LogP contribution is -1.72. The van der Waals surface area contributed by atoms with Crippen molar-refractivity contribution in [3.63, 3.8) is 0 Å². The van der Waals surface area contributed by atoms with Crippen molar-refractivity contribution >= 4 is 15.9 Å². The van der Waals surface area contributed by atoms with Gasteiger partial charge in [-0.1, -0.05) is 6.07 Å². The first kappa shape index (κ1) is 6.55. The summed E-state index contributed by atoms with van der Waals surface area (Å²) < 4.78 is 12.5. The van der Waals surface area contributed by atoms with Gasteiger partial charge in [0.1, 0.15) is 0 Å². The fourth-order valence-corrected chi connectivity index (χ4v) is 0.825. The van der Waals surface area contributed by atoms with Crippen molar-refractivity contribution in [3.05, 3.63) is 28.5 Å². The number of para-hydroxylation sites is 1. The maximum atomic E-state index is 12.2. The van der Waals surface area contributed by atoms with Crippen LogP contribution in [-0.4, -0.2) is 0 Å². The van der Waals surface area contributed by atoms with Gasteiger partial charge in [0.2, 0.25) is 5.75 Å². The molecule has 0 aliphatic rings. The molecule has 47 valence electrons. The van der Waals surface area contributed by atoms with E-state index in [-0.39, 0.29) is 4.47 Å². The summed E-state index contributed by atoms with van der Waals surface area (Å²) in [5.41, 5.74) is 0. The normalized spacial score (nSPS) is 9.56. The number of rotatable bonds is 0. The number of halogens is 2. The van der Waals surface area contributed by atoms with Crippen molar-refractivity contribution in [3.8, 4) is 5.75 Å². The third-order valence-corrected chi connectivity index (χ3v) is 1.54. The molecule has 1 nitrogen and oxygen atoms in total. The van der Waals surface area contributed by atoms with E-state index < -0.39 is 11.6 Å². The average molecular weight is 190 g/mol. The summed E-state index contributed by atoms with van der Waals surface area (Å²) in [5, 5.41) is 10.5. The molecule has 0 amide bonds.